The van der Waals surface area contributed by atoms with Gasteiger partial charge in [0.05, 0.1) is 17.3 Å². The van der Waals surface area contributed by atoms with Gasteiger partial charge in [0.2, 0.25) is 5.91 Å². The van der Waals surface area contributed by atoms with Gasteiger partial charge in [-0.05, 0) is 56.4 Å². The Morgan fingerprint density at radius 2 is 1.73 bits per heavy atom. The average Bonchev–Trinajstić information content (AvgIpc) is 3.30. The summed E-state index contributed by atoms with van der Waals surface area (Å²) in [4.78, 5) is 32.0. The van der Waals surface area contributed by atoms with E-state index < -0.39 is 0 Å². The van der Waals surface area contributed by atoms with E-state index in [1.807, 2.05) is 62.1 Å². The molecule has 37 heavy (non-hydrogen) atoms. The summed E-state index contributed by atoms with van der Waals surface area (Å²) in [5.74, 6) is 6.78. The Labute approximate surface area is 223 Å². The summed E-state index contributed by atoms with van der Waals surface area (Å²) in [7, 11) is 0. The van der Waals surface area contributed by atoms with E-state index in [0.717, 1.165) is 29.5 Å². The highest BCUT2D eigenvalue weighted by Crippen LogP contribution is 2.31. The molecule has 0 spiro atoms. The standard InChI is InChI=1S/C29H32ClN5O2/c1-19(2)29(37)34-14-12-24(13-15-34)21(4)35-26(25(30)18-32-35)28(36)33-27-20(3)16-23(17-31-27)11-10-22-8-6-5-7-9-22/h5-9,16-19,21,24H,12-15H2,1-4H3,(H,31,33,36). The Kier molecular flexibility index (Phi) is 8.30. The Bertz CT molecular complexity index is 1330. The number of benzene rings is 1. The summed E-state index contributed by atoms with van der Waals surface area (Å²) in [6, 6.07) is 11.6. The van der Waals surface area contributed by atoms with E-state index >= 15 is 0 Å². The zero-order chi connectivity index (χ0) is 26.5. The molecule has 1 unspecified atom stereocenters. The minimum atomic E-state index is -0.361. The van der Waals surface area contributed by atoms with Crippen molar-refractivity contribution in [2.75, 3.05) is 18.4 Å². The average molecular weight is 518 g/mol. The third-order valence-corrected chi connectivity index (χ3v) is 7.09. The van der Waals surface area contributed by atoms with Gasteiger partial charge < -0.3 is 10.2 Å². The van der Waals surface area contributed by atoms with Gasteiger partial charge in [-0.3, -0.25) is 14.3 Å². The van der Waals surface area contributed by atoms with Crippen molar-refractivity contribution in [3.8, 4) is 11.8 Å². The van der Waals surface area contributed by atoms with E-state index in [0.29, 0.717) is 29.6 Å². The molecule has 1 N–H and O–H groups in total. The van der Waals surface area contributed by atoms with E-state index in [4.69, 9.17) is 11.6 Å². The van der Waals surface area contributed by atoms with Crippen LogP contribution in [-0.4, -0.2) is 44.6 Å². The topological polar surface area (TPSA) is 80.1 Å². The number of carbonyl (C=O) groups excluding carboxylic acids is 2. The molecule has 2 amide bonds. The fourth-order valence-electron chi connectivity index (χ4n) is 4.64. The first-order valence-corrected chi connectivity index (χ1v) is 13.0. The van der Waals surface area contributed by atoms with Crippen molar-refractivity contribution in [1.82, 2.24) is 19.7 Å². The van der Waals surface area contributed by atoms with Crippen molar-refractivity contribution in [3.63, 3.8) is 0 Å². The fraction of sp³-hybridized carbons (Fsp3) is 0.379. The number of piperidine rings is 1. The predicted molar refractivity (Wildman–Crippen MR) is 145 cm³/mol. The molecule has 1 atom stereocenters. The van der Waals surface area contributed by atoms with Crippen molar-refractivity contribution in [3.05, 3.63) is 76.2 Å². The summed E-state index contributed by atoms with van der Waals surface area (Å²) >= 11 is 6.42. The highest BCUT2D eigenvalue weighted by Gasteiger charge is 2.31. The van der Waals surface area contributed by atoms with E-state index in [9.17, 15) is 9.59 Å². The number of pyridine rings is 1. The van der Waals surface area contributed by atoms with E-state index in [2.05, 4.69) is 34.2 Å². The van der Waals surface area contributed by atoms with Crippen LogP contribution in [0.25, 0.3) is 0 Å². The van der Waals surface area contributed by atoms with Crippen LogP contribution in [0.3, 0.4) is 0 Å². The van der Waals surface area contributed by atoms with Crippen molar-refractivity contribution >= 4 is 29.2 Å². The molecule has 3 aromatic rings. The summed E-state index contributed by atoms with van der Waals surface area (Å²) in [6.07, 6.45) is 4.86. The van der Waals surface area contributed by atoms with Crippen LogP contribution in [0.1, 0.15) is 66.8 Å². The number of anilines is 1. The number of aromatic nitrogens is 3. The molecule has 0 aliphatic carbocycles. The molecule has 7 nitrogen and oxygen atoms in total. The Morgan fingerprint density at radius 1 is 1.05 bits per heavy atom. The molecule has 1 aromatic carbocycles. The largest absolute Gasteiger partial charge is 0.342 e. The number of hydrogen-bond donors (Lipinski definition) is 1. The molecular formula is C29H32ClN5O2. The van der Waals surface area contributed by atoms with Gasteiger partial charge >= 0.3 is 0 Å². The third kappa shape index (κ3) is 6.20. The summed E-state index contributed by atoms with van der Waals surface area (Å²) in [5.41, 5.74) is 2.79. The molecule has 0 radical (unpaired) electrons. The van der Waals surface area contributed by atoms with Gasteiger partial charge in [-0.15, -0.1) is 0 Å². The first-order chi connectivity index (χ1) is 17.7. The van der Waals surface area contributed by atoms with Gasteiger partial charge in [0.25, 0.3) is 5.91 Å². The van der Waals surface area contributed by atoms with E-state index in [1.54, 1.807) is 10.9 Å². The first-order valence-electron chi connectivity index (χ1n) is 12.6. The van der Waals surface area contributed by atoms with Crippen molar-refractivity contribution in [1.29, 1.82) is 0 Å². The van der Waals surface area contributed by atoms with Crippen LogP contribution in [-0.2, 0) is 4.79 Å². The van der Waals surface area contributed by atoms with Crippen molar-refractivity contribution in [2.45, 2.75) is 46.6 Å². The van der Waals surface area contributed by atoms with Crippen LogP contribution in [0.2, 0.25) is 5.02 Å². The lowest BCUT2D eigenvalue weighted by atomic mass is 9.90. The SMILES string of the molecule is Cc1cc(C#Cc2ccccc2)cnc1NC(=O)c1c(Cl)cnn1C(C)C1CCN(C(=O)C(C)C)CC1. The number of rotatable bonds is 5. The molecule has 192 valence electrons. The normalized spacial score (nSPS) is 14.7. The zero-order valence-electron chi connectivity index (χ0n) is 21.7. The van der Waals surface area contributed by atoms with Crippen molar-refractivity contribution in [2.24, 2.45) is 11.8 Å². The number of aryl methyl sites for hydroxylation is 1. The monoisotopic (exact) mass is 517 g/mol. The molecule has 3 heterocycles. The zero-order valence-corrected chi connectivity index (χ0v) is 22.4. The maximum Gasteiger partial charge on any atom is 0.276 e. The third-order valence-electron chi connectivity index (χ3n) is 6.81. The van der Waals surface area contributed by atoms with Crippen LogP contribution in [0.4, 0.5) is 5.82 Å². The van der Waals surface area contributed by atoms with Crippen LogP contribution in [0.5, 0.6) is 0 Å². The van der Waals surface area contributed by atoms with Gasteiger partial charge in [0, 0.05) is 36.3 Å². The van der Waals surface area contributed by atoms with Gasteiger partial charge in [0.15, 0.2) is 0 Å². The number of carbonyl (C=O) groups is 2. The minimum Gasteiger partial charge on any atom is -0.342 e. The lowest BCUT2D eigenvalue weighted by Crippen LogP contribution is -2.42. The lowest BCUT2D eigenvalue weighted by Gasteiger charge is -2.36. The van der Waals surface area contributed by atoms with Crippen molar-refractivity contribution < 1.29 is 9.59 Å². The summed E-state index contributed by atoms with van der Waals surface area (Å²) in [6.45, 7) is 9.21. The molecule has 8 heteroatoms. The van der Waals surface area contributed by atoms with Crippen LogP contribution in [0.15, 0.2) is 48.8 Å². The highest BCUT2D eigenvalue weighted by atomic mass is 35.5. The second-order valence-corrected chi connectivity index (χ2v) is 10.2. The van der Waals surface area contributed by atoms with Gasteiger partial charge in [-0.1, -0.05) is 55.5 Å². The molecule has 2 aromatic heterocycles. The van der Waals surface area contributed by atoms with E-state index in [1.165, 1.54) is 6.20 Å². The second-order valence-electron chi connectivity index (χ2n) is 9.80. The Hall–Kier alpha value is -3.63. The molecular weight excluding hydrogens is 486 g/mol. The molecule has 1 aliphatic heterocycles. The fourth-order valence-corrected chi connectivity index (χ4v) is 4.85. The Balaban J connectivity index is 1.45. The maximum atomic E-state index is 13.3. The number of nitrogens with one attached hydrogen (secondary N) is 1. The van der Waals surface area contributed by atoms with Gasteiger partial charge in [-0.25, -0.2) is 4.98 Å². The summed E-state index contributed by atoms with van der Waals surface area (Å²) < 4.78 is 1.71. The molecule has 0 bridgehead atoms. The molecule has 1 saturated heterocycles. The lowest BCUT2D eigenvalue weighted by molar-refractivity contribution is -0.136. The smallest absolute Gasteiger partial charge is 0.276 e. The number of likely N-dealkylation sites (tertiary alicyclic amines) is 1. The van der Waals surface area contributed by atoms with Crippen LogP contribution in [0, 0.1) is 30.6 Å². The maximum absolute atomic E-state index is 13.3. The number of halogens is 1. The highest BCUT2D eigenvalue weighted by molar-refractivity contribution is 6.34. The number of nitrogens with zero attached hydrogens (tertiary/aromatic N) is 4. The quantitative estimate of drug-likeness (QED) is 0.463. The Morgan fingerprint density at radius 3 is 2.38 bits per heavy atom. The summed E-state index contributed by atoms with van der Waals surface area (Å²) in [5, 5.41) is 7.61. The molecule has 0 saturated carbocycles. The predicted octanol–water partition coefficient (Wildman–Crippen LogP) is 5.35. The van der Waals surface area contributed by atoms with Crippen LogP contribution >= 0.6 is 11.6 Å². The molecule has 1 aliphatic rings. The molecule has 4 rings (SSSR count). The van der Waals surface area contributed by atoms with Crippen LogP contribution < -0.4 is 5.32 Å². The van der Waals surface area contributed by atoms with Gasteiger partial charge in [-0.2, -0.15) is 5.10 Å². The number of amides is 2. The van der Waals surface area contributed by atoms with Gasteiger partial charge in [0.1, 0.15) is 11.5 Å². The van der Waals surface area contributed by atoms with E-state index in [-0.39, 0.29) is 29.7 Å². The first kappa shape index (κ1) is 26.4. The minimum absolute atomic E-state index is 0.00349. The number of hydrogen-bond acceptors (Lipinski definition) is 4. The second kappa shape index (κ2) is 11.6. The molecule has 1 fully saturated rings.